The molecular weight excluding hydrogens is 390 g/mol. The van der Waals surface area contributed by atoms with Crippen LogP contribution < -0.4 is 9.64 Å². The quantitative estimate of drug-likeness (QED) is 0.647. The average Bonchev–Trinajstić information content (AvgIpc) is 3.11. The smallest absolute Gasteiger partial charge is 0.205 e. The highest BCUT2D eigenvalue weighted by Crippen LogP contribution is 2.33. The minimum Gasteiger partial charge on any atom is -0.493 e. The van der Waals surface area contributed by atoms with E-state index in [0.29, 0.717) is 12.6 Å². The number of imidazole rings is 1. The van der Waals surface area contributed by atoms with Gasteiger partial charge in [0, 0.05) is 56.1 Å². The number of nitrogens with zero attached hydrogens (tertiary/aromatic N) is 5. The monoisotopic (exact) mass is 421 g/mol. The second-order valence-corrected chi connectivity index (χ2v) is 8.67. The highest BCUT2D eigenvalue weighted by Gasteiger charge is 2.37. The first-order valence-corrected chi connectivity index (χ1v) is 11.1. The first-order chi connectivity index (χ1) is 15.1. The van der Waals surface area contributed by atoms with Crippen LogP contribution in [0.25, 0.3) is 10.9 Å². The molecule has 0 aliphatic carbocycles. The molecule has 5 rings (SSSR count). The van der Waals surface area contributed by atoms with Crippen LogP contribution in [0.1, 0.15) is 30.2 Å². The molecule has 3 aromatic rings. The van der Waals surface area contributed by atoms with Crippen molar-refractivity contribution in [3.05, 3.63) is 47.4 Å². The molecule has 2 aliphatic rings. The van der Waals surface area contributed by atoms with Gasteiger partial charge in [-0.15, -0.1) is 0 Å². The molecule has 2 atom stereocenters. The lowest BCUT2D eigenvalue weighted by atomic mass is 10.0. The number of fused-ring (bicyclic) bond motifs is 3. The van der Waals surface area contributed by atoms with Crippen LogP contribution in [-0.2, 0) is 24.8 Å². The predicted octanol–water partition coefficient (Wildman–Crippen LogP) is 3.28. The summed E-state index contributed by atoms with van der Waals surface area (Å²) in [4.78, 5) is 14.2. The van der Waals surface area contributed by atoms with Gasteiger partial charge in [0.1, 0.15) is 12.0 Å². The maximum absolute atomic E-state index is 6.26. The Morgan fingerprint density at radius 2 is 2.03 bits per heavy atom. The van der Waals surface area contributed by atoms with Crippen LogP contribution in [0, 0.1) is 6.92 Å². The molecule has 0 saturated carbocycles. The van der Waals surface area contributed by atoms with E-state index in [9.17, 15) is 0 Å². The molecule has 7 nitrogen and oxygen atoms in total. The molecule has 1 fully saturated rings. The average molecular weight is 422 g/mol. The molecule has 2 aromatic heterocycles. The summed E-state index contributed by atoms with van der Waals surface area (Å²) >= 11 is 0. The standard InChI is InChI=1S/C24H31N5O2/c1-5-17-8-18-10-22-19(9-21(18)25-12-17)13-29-20(6-7-31-22)14-28(15-23(29)30-4)24-26-11-16(2)27(24)3/h8-12,20,23H,5-7,13-15H2,1-4H3/t20?,23-/m1/s1. The number of methoxy groups -OCH3 is 1. The van der Waals surface area contributed by atoms with Gasteiger partial charge in [-0.05, 0) is 43.5 Å². The number of piperazine rings is 1. The second kappa shape index (κ2) is 8.13. The Kier molecular flexibility index (Phi) is 5.32. The van der Waals surface area contributed by atoms with E-state index in [4.69, 9.17) is 14.5 Å². The zero-order valence-corrected chi connectivity index (χ0v) is 18.8. The Morgan fingerprint density at radius 3 is 2.77 bits per heavy atom. The van der Waals surface area contributed by atoms with Crippen LogP contribution in [0.2, 0.25) is 0 Å². The zero-order valence-electron chi connectivity index (χ0n) is 18.8. The van der Waals surface area contributed by atoms with Crippen molar-refractivity contribution in [2.75, 3.05) is 31.7 Å². The van der Waals surface area contributed by atoms with Crippen molar-refractivity contribution in [3.63, 3.8) is 0 Å². The second-order valence-electron chi connectivity index (χ2n) is 8.67. The van der Waals surface area contributed by atoms with Crippen molar-refractivity contribution in [2.24, 2.45) is 7.05 Å². The first kappa shape index (κ1) is 20.3. The molecule has 1 unspecified atom stereocenters. The maximum atomic E-state index is 6.26. The van der Waals surface area contributed by atoms with Gasteiger partial charge >= 0.3 is 0 Å². The third-order valence-electron chi connectivity index (χ3n) is 6.79. The lowest BCUT2D eigenvalue weighted by molar-refractivity contribution is -0.0753. The van der Waals surface area contributed by atoms with E-state index in [-0.39, 0.29) is 6.23 Å². The molecule has 0 bridgehead atoms. The summed E-state index contributed by atoms with van der Waals surface area (Å²) in [6.07, 6.45) is 5.84. The van der Waals surface area contributed by atoms with Gasteiger partial charge in [-0.25, -0.2) is 4.98 Å². The highest BCUT2D eigenvalue weighted by molar-refractivity contribution is 5.82. The summed E-state index contributed by atoms with van der Waals surface area (Å²) in [5.41, 5.74) is 4.61. The Morgan fingerprint density at radius 1 is 1.16 bits per heavy atom. The summed E-state index contributed by atoms with van der Waals surface area (Å²) in [5, 5.41) is 1.15. The van der Waals surface area contributed by atoms with Crippen molar-refractivity contribution in [3.8, 4) is 5.75 Å². The normalized spacial score (nSPS) is 21.9. The van der Waals surface area contributed by atoms with E-state index in [1.165, 1.54) is 11.1 Å². The number of pyridine rings is 1. The number of hydrogen-bond donors (Lipinski definition) is 0. The molecule has 1 saturated heterocycles. The Balaban J connectivity index is 1.46. The van der Waals surface area contributed by atoms with Crippen LogP contribution in [0.5, 0.6) is 5.75 Å². The van der Waals surface area contributed by atoms with Crippen LogP contribution >= 0.6 is 0 Å². The highest BCUT2D eigenvalue weighted by atomic mass is 16.5. The van der Waals surface area contributed by atoms with Crippen LogP contribution in [0.15, 0.2) is 30.6 Å². The van der Waals surface area contributed by atoms with Gasteiger partial charge in [-0.1, -0.05) is 6.92 Å². The molecule has 0 amide bonds. The minimum absolute atomic E-state index is 0.00664. The molecule has 4 heterocycles. The van der Waals surface area contributed by atoms with Crippen molar-refractivity contribution in [2.45, 2.75) is 45.5 Å². The SMILES string of the molecule is CCc1cnc2cc3c(cc2c1)OCCC1CN(c2ncc(C)n2C)C[C@@H](OC)N1C3. The maximum Gasteiger partial charge on any atom is 0.205 e. The summed E-state index contributed by atoms with van der Waals surface area (Å²) in [7, 11) is 3.88. The summed E-state index contributed by atoms with van der Waals surface area (Å²) in [6.45, 7) is 7.42. The Hall–Kier alpha value is -2.64. The van der Waals surface area contributed by atoms with Crippen LogP contribution in [0.3, 0.4) is 0 Å². The van der Waals surface area contributed by atoms with Crippen molar-refractivity contribution in [1.29, 1.82) is 0 Å². The lowest BCUT2D eigenvalue weighted by Gasteiger charge is -2.47. The van der Waals surface area contributed by atoms with Gasteiger partial charge in [0.15, 0.2) is 0 Å². The minimum atomic E-state index is -0.00664. The molecule has 164 valence electrons. The fourth-order valence-electron chi connectivity index (χ4n) is 4.80. The largest absolute Gasteiger partial charge is 0.493 e. The van der Waals surface area contributed by atoms with Gasteiger partial charge in [0.25, 0.3) is 0 Å². The molecule has 0 radical (unpaired) electrons. The van der Waals surface area contributed by atoms with Gasteiger partial charge < -0.3 is 18.9 Å². The number of hydrogen-bond acceptors (Lipinski definition) is 6. The first-order valence-electron chi connectivity index (χ1n) is 11.1. The fourth-order valence-corrected chi connectivity index (χ4v) is 4.80. The molecule has 0 spiro atoms. The van der Waals surface area contributed by atoms with Gasteiger partial charge in [-0.2, -0.15) is 0 Å². The molecule has 31 heavy (non-hydrogen) atoms. The number of aryl methyl sites for hydroxylation is 2. The predicted molar refractivity (Wildman–Crippen MR) is 122 cm³/mol. The topological polar surface area (TPSA) is 55.6 Å². The number of aromatic nitrogens is 3. The van der Waals surface area contributed by atoms with E-state index in [1.807, 2.05) is 12.4 Å². The molecular formula is C24H31N5O2. The number of ether oxygens (including phenoxy) is 2. The number of rotatable bonds is 3. The van der Waals surface area contributed by atoms with E-state index in [0.717, 1.165) is 60.8 Å². The number of anilines is 1. The van der Waals surface area contributed by atoms with Crippen LogP contribution in [-0.4, -0.2) is 58.5 Å². The van der Waals surface area contributed by atoms with Crippen molar-refractivity contribution >= 4 is 16.9 Å². The van der Waals surface area contributed by atoms with E-state index < -0.39 is 0 Å². The van der Waals surface area contributed by atoms with E-state index >= 15 is 0 Å². The van der Waals surface area contributed by atoms with E-state index in [1.54, 1.807) is 7.11 Å². The van der Waals surface area contributed by atoms with Crippen molar-refractivity contribution in [1.82, 2.24) is 19.4 Å². The molecule has 7 heteroatoms. The van der Waals surface area contributed by atoms with E-state index in [2.05, 4.69) is 58.4 Å². The lowest BCUT2D eigenvalue weighted by Crippen LogP contribution is -2.60. The Labute approximate surface area is 183 Å². The third kappa shape index (κ3) is 3.66. The zero-order chi connectivity index (χ0) is 21.5. The molecule has 2 aliphatic heterocycles. The third-order valence-corrected chi connectivity index (χ3v) is 6.79. The summed E-state index contributed by atoms with van der Waals surface area (Å²) < 4.78 is 14.4. The fraction of sp³-hybridized carbons (Fsp3) is 0.500. The molecule has 0 N–H and O–H groups in total. The van der Waals surface area contributed by atoms with Gasteiger partial charge in [0.2, 0.25) is 5.95 Å². The summed E-state index contributed by atoms with van der Waals surface area (Å²) in [6, 6.07) is 6.90. The van der Waals surface area contributed by atoms with Gasteiger partial charge in [0.05, 0.1) is 24.9 Å². The van der Waals surface area contributed by atoms with Crippen molar-refractivity contribution < 1.29 is 9.47 Å². The molecule has 1 aromatic carbocycles. The Bertz CT molecular complexity index is 1100. The van der Waals surface area contributed by atoms with Gasteiger partial charge in [-0.3, -0.25) is 9.88 Å². The van der Waals surface area contributed by atoms with Crippen LogP contribution in [0.4, 0.5) is 5.95 Å². The number of benzene rings is 1. The summed E-state index contributed by atoms with van der Waals surface area (Å²) in [5.74, 6) is 1.97.